The summed E-state index contributed by atoms with van der Waals surface area (Å²) in [5.41, 5.74) is 17.6. The highest BCUT2D eigenvalue weighted by molar-refractivity contribution is 6.00. The van der Waals surface area contributed by atoms with E-state index in [1.165, 1.54) is 33.3 Å². The number of rotatable bonds is 51. The summed E-state index contributed by atoms with van der Waals surface area (Å²) in [6.45, 7) is 22.7. The van der Waals surface area contributed by atoms with Gasteiger partial charge in [0.2, 0.25) is 82.7 Å². The first kappa shape index (κ1) is 95.1. The molecule has 1 aromatic rings. The van der Waals surface area contributed by atoms with Crippen LogP contribution < -0.4 is 91.6 Å². The molecule has 0 radical (unpaired) electrons. The fourth-order valence-corrected chi connectivity index (χ4v) is 10.7. The van der Waals surface area contributed by atoms with Crippen LogP contribution >= 0.6 is 0 Å². The van der Waals surface area contributed by atoms with Crippen LogP contribution in [0, 0.1) is 35.5 Å². The van der Waals surface area contributed by atoms with E-state index in [1.54, 1.807) is 69.2 Å². The molecule has 15 atom stereocenters. The van der Waals surface area contributed by atoms with Crippen LogP contribution in [0.25, 0.3) is 0 Å². The van der Waals surface area contributed by atoms with Gasteiger partial charge < -0.3 is 112 Å². The highest BCUT2D eigenvalue weighted by Gasteiger charge is 2.39. The van der Waals surface area contributed by atoms with Gasteiger partial charge in [0, 0.05) is 18.3 Å². The fraction of sp³-hybridized carbons (Fsp3) is 0.739. The lowest BCUT2D eigenvalue weighted by Crippen LogP contribution is -2.63. The van der Waals surface area contributed by atoms with E-state index in [2.05, 4.69) is 84.4 Å². The van der Waals surface area contributed by atoms with Gasteiger partial charge in [-0.25, -0.2) is 9.78 Å². The smallest absolute Gasteiger partial charge is 0.326 e. The number of hydrogen-bond donors (Lipinski definition) is 21. The van der Waals surface area contributed by atoms with Crippen molar-refractivity contribution in [3.8, 4) is 0 Å². The predicted molar refractivity (Wildman–Crippen MR) is 391 cm³/mol. The van der Waals surface area contributed by atoms with E-state index in [0.29, 0.717) is 57.3 Å². The quantitative estimate of drug-likeness (QED) is 0.0274. The normalized spacial score (nSPS) is 15.7. The summed E-state index contributed by atoms with van der Waals surface area (Å²) in [7, 11) is 0. The molecule has 0 unspecified atom stereocenters. The molecular formula is C69H123N19O18. The van der Waals surface area contributed by atoms with Crippen molar-refractivity contribution in [1.29, 1.82) is 0 Å². The van der Waals surface area contributed by atoms with Crippen LogP contribution in [0.2, 0.25) is 0 Å². The minimum absolute atomic E-state index is 0.0346. The number of hydrogen-bond acceptors (Lipinski definition) is 21. The standard InChI is InChI=1S/C69H123N19O18/c1-16-39(12)55(66(102)83-47(26-35(4)5)62(98)79-45(69(105)106)22-18-20-24-71)84-51(92)31-74-50(91)30-75-60(96)46(25-34(2)3)80-58(94)40(13)78-67(103)57(42(15)90)88-63(99)48(27-36(6)7)82-64(100)53(37(8)9)86-65(101)54(38(10)11)87-68(104)56(41(14)89)85-52(93)32-76-61(97)49(28-43-29-73-33-77-43)81-59(95)44(72)21-17-19-23-70/h29,33-42,44-49,53-57,89-90H,16-28,30-32,70-72H2,1-15H3,(H,73,77)(H,74,91)(H,75,96)(H,76,97)(H,78,103)(H,79,98)(H,80,94)(H,81,95)(H,82,100)(H,83,102)(H,84,92)(H,85,93)(H,86,101)(H,87,104)(H,88,99)(H,105,106)/t39-,40-,41+,42+,44-,45-,46-,47-,48-,49-,53-,54-,55-,56-,57-/m0/s1. The first-order valence-corrected chi connectivity index (χ1v) is 36.4. The Balaban J connectivity index is 3.13. The first-order valence-electron chi connectivity index (χ1n) is 36.4. The number of aliphatic carboxylic acids is 1. The third-order valence-electron chi connectivity index (χ3n) is 17.0. The van der Waals surface area contributed by atoms with Gasteiger partial charge in [-0.05, 0) is 121 Å². The number of imidazole rings is 1. The van der Waals surface area contributed by atoms with Crippen molar-refractivity contribution in [3.63, 3.8) is 0 Å². The summed E-state index contributed by atoms with van der Waals surface area (Å²) in [4.78, 5) is 209. The van der Waals surface area contributed by atoms with Crippen molar-refractivity contribution in [1.82, 2.24) is 84.4 Å². The van der Waals surface area contributed by atoms with Gasteiger partial charge in [-0.1, -0.05) is 95.9 Å². The van der Waals surface area contributed by atoms with Gasteiger partial charge in [-0.15, -0.1) is 0 Å². The number of aliphatic hydroxyl groups excluding tert-OH is 2. The molecule has 0 aromatic carbocycles. The maximum atomic E-state index is 14.2. The lowest BCUT2D eigenvalue weighted by atomic mass is 9.96. The number of unbranched alkanes of at least 4 members (excludes halogenated alkanes) is 2. The van der Waals surface area contributed by atoms with Gasteiger partial charge >= 0.3 is 5.97 Å². The van der Waals surface area contributed by atoms with E-state index in [9.17, 15) is 87.2 Å². The molecule has 1 aromatic heterocycles. The molecule has 1 heterocycles. The molecule has 0 saturated carbocycles. The van der Waals surface area contributed by atoms with E-state index in [1.807, 2.05) is 13.8 Å². The summed E-state index contributed by atoms with van der Waals surface area (Å²) in [5, 5.41) is 66.3. The highest BCUT2D eigenvalue weighted by Crippen LogP contribution is 2.15. The molecule has 37 heteroatoms. The molecule has 0 saturated heterocycles. The topological polar surface area (TPSA) is 592 Å². The Morgan fingerprint density at radius 2 is 0.792 bits per heavy atom. The summed E-state index contributed by atoms with van der Waals surface area (Å²) < 4.78 is 0. The minimum Gasteiger partial charge on any atom is -0.480 e. The summed E-state index contributed by atoms with van der Waals surface area (Å²) in [6.07, 6.45) is 2.73. The number of nitrogens with two attached hydrogens (primary N) is 3. The number of H-pyrrole nitrogens is 1. The van der Waals surface area contributed by atoms with E-state index in [4.69, 9.17) is 17.2 Å². The van der Waals surface area contributed by atoms with Crippen LogP contribution in [-0.4, -0.2) is 231 Å². The van der Waals surface area contributed by atoms with Gasteiger partial charge in [0.15, 0.2) is 0 Å². The number of carboxylic acid groups (broad SMARTS) is 1. The Labute approximate surface area is 620 Å². The van der Waals surface area contributed by atoms with Gasteiger partial charge in [-0.2, -0.15) is 0 Å². The van der Waals surface area contributed by atoms with Crippen LogP contribution in [0.5, 0.6) is 0 Å². The Morgan fingerprint density at radius 1 is 0.415 bits per heavy atom. The number of amides is 14. The van der Waals surface area contributed by atoms with Crippen molar-refractivity contribution in [2.24, 2.45) is 52.7 Å². The molecular weight excluding hydrogens is 1380 g/mol. The zero-order valence-corrected chi connectivity index (χ0v) is 64.2. The third kappa shape index (κ3) is 35.9. The van der Waals surface area contributed by atoms with E-state index in [-0.39, 0.29) is 49.9 Å². The number of carbonyl (C=O) groups is 15. The molecule has 0 fully saturated rings. The zero-order chi connectivity index (χ0) is 80.8. The molecule has 602 valence electrons. The average molecular weight is 1510 g/mol. The molecule has 37 nitrogen and oxygen atoms in total. The monoisotopic (exact) mass is 1510 g/mol. The fourth-order valence-electron chi connectivity index (χ4n) is 10.7. The maximum absolute atomic E-state index is 14.2. The lowest BCUT2D eigenvalue weighted by Gasteiger charge is -2.30. The highest BCUT2D eigenvalue weighted by atomic mass is 16.4. The summed E-state index contributed by atoms with van der Waals surface area (Å²) in [5.74, 6) is -15.6. The van der Waals surface area contributed by atoms with Crippen molar-refractivity contribution < 1.29 is 87.2 Å². The number of aromatic nitrogens is 2. The largest absolute Gasteiger partial charge is 0.480 e. The van der Waals surface area contributed by atoms with Crippen LogP contribution in [0.1, 0.15) is 174 Å². The summed E-state index contributed by atoms with van der Waals surface area (Å²) in [6, 6.07) is -16.0. The van der Waals surface area contributed by atoms with E-state index in [0.717, 1.165) is 0 Å². The number of aliphatic hydroxyl groups is 2. The van der Waals surface area contributed by atoms with Gasteiger partial charge in [0.1, 0.15) is 66.5 Å². The second kappa shape index (κ2) is 49.0. The van der Waals surface area contributed by atoms with Crippen LogP contribution in [0.4, 0.5) is 0 Å². The Hall–Kier alpha value is -8.94. The lowest BCUT2D eigenvalue weighted by molar-refractivity contribution is -0.142. The van der Waals surface area contributed by atoms with Crippen molar-refractivity contribution >= 4 is 88.7 Å². The van der Waals surface area contributed by atoms with Crippen LogP contribution in [-0.2, 0) is 78.3 Å². The summed E-state index contributed by atoms with van der Waals surface area (Å²) >= 11 is 0. The molecule has 1 rings (SSSR count). The molecule has 24 N–H and O–H groups in total. The van der Waals surface area contributed by atoms with Gasteiger partial charge in [0.05, 0.1) is 44.2 Å². The van der Waals surface area contributed by atoms with Crippen molar-refractivity contribution in [2.45, 2.75) is 259 Å². The van der Waals surface area contributed by atoms with Crippen LogP contribution in [0.3, 0.4) is 0 Å². The Kier molecular flexibility index (Phi) is 44.0. The van der Waals surface area contributed by atoms with Gasteiger partial charge in [-0.3, -0.25) is 67.1 Å². The van der Waals surface area contributed by atoms with Crippen molar-refractivity contribution in [2.75, 3.05) is 32.7 Å². The molecule has 0 aliphatic heterocycles. The molecule has 0 spiro atoms. The number of aromatic amines is 1. The zero-order valence-electron chi connectivity index (χ0n) is 64.2. The molecule has 0 aliphatic carbocycles. The number of nitrogens with zero attached hydrogens (tertiary/aromatic N) is 1. The Bertz CT molecular complexity index is 3020. The third-order valence-corrected chi connectivity index (χ3v) is 17.0. The Morgan fingerprint density at radius 3 is 1.25 bits per heavy atom. The molecule has 0 aliphatic rings. The van der Waals surface area contributed by atoms with Crippen molar-refractivity contribution in [3.05, 3.63) is 18.2 Å². The molecule has 106 heavy (non-hydrogen) atoms. The maximum Gasteiger partial charge on any atom is 0.326 e. The van der Waals surface area contributed by atoms with Gasteiger partial charge in [0.25, 0.3) is 0 Å². The predicted octanol–water partition coefficient (Wildman–Crippen LogP) is -4.42. The minimum atomic E-state index is -1.74. The molecule has 0 bridgehead atoms. The van der Waals surface area contributed by atoms with E-state index >= 15 is 0 Å². The molecule has 14 amide bonds. The van der Waals surface area contributed by atoms with E-state index < -0.39 is 211 Å². The van der Waals surface area contributed by atoms with Crippen LogP contribution in [0.15, 0.2) is 12.5 Å². The number of carboxylic acids is 1. The average Bonchev–Trinajstić information content (AvgIpc) is 0.939. The first-order chi connectivity index (χ1) is 49.6. The number of nitrogens with one attached hydrogen (secondary N) is 15. The number of carbonyl (C=O) groups excluding carboxylic acids is 14. The SMILES string of the molecule is CC[C@H](C)[C@H](NC(=O)CNC(=O)CNC(=O)[C@H](CC(C)C)NC(=O)[C@H](C)NC(=O)[C@@H](NC(=O)[C@H](CC(C)C)NC(=O)[C@@H](NC(=O)[C@@H](NC(=O)[C@@H](NC(=O)CNC(=O)[C@H](Cc1cnc[nH]1)NC(=O)[C@@H](N)CCCCN)[C@@H](C)O)C(C)C)C(C)C)[C@@H](C)O)C(=O)N[C@@H](CC(C)C)C(=O)N[C@@H](CCCCN)C(=O)O. The second-order valence-corrected chi connectivity index (χ2v) is 28.8. The second-order valence-electron chi connectivity index (χ2n) is 28.8.